The van der Waals surface area contributed by atoms with Gasteiger partial charge in [-0.1, -0.05) is 18.5 Å². The normalized spacial score (nSPS) is 23.9. The lowest BCUT2D eigenvalue weighted by molar-refractivity contribution is 0.298. The van der Waals surface area contributed by atoms with Crippen molar-refractivity contribution in [3.8, 4) is 0 Å². The molecule has 0 bridgehead atoms. The zero-order valence-electron chi connectivity index (χ0n) is 14.2. The molecular formula is C19H22ClN5. The zero-order chi connectivity index (χ0) is 17.4. The molecule has 1 aliphatic carbocycles. The molecule has 0 amide bonds. The minimum absolute atomic E-state index is 0.170. The van der Waals surface area contributed by atoms with Gasteiger partial charge in [0.15, 0.2) is 0 Å². The number of pyridine rings is 1. The van der Waals surface area contributed by atoms with Crippen LogP contribution in [0.1, 0.15) is 49.1 Å². The smallest absolute Gasteiger partial charge is 0.137 e. The van der Waals surface area contributed by atoms with Crippen LogP contribution in [0.25, 0.3) is 11.0 Å². The predicted molar refractivity (Wildman–Crippen MR) is 99.7 cm³/mol. The van der Waals surface area contributed by atoms with Gasteiger partial charge >= 0.3 is 0 Å². The standard InChI is InChI=1S/C19H22ClN5/c1-11-2-3-17(21)16(4-11)19-22-7-12(8-23-19)5-13-9-24-18-15(13)6-14(20)10-25-18/h6-11,16-17H,2-5,21H2,1H3,(H,24,25). The van der Waals surface area contributed by atoms with Gasteiger partial charge in [-0.15, -0.1) is 0 Å². The second-order valence-corrected chi connectivity index (χ2v) is 7.61. The summed E-state index contributed by atoms with van der Waals surface area (Å²) in [6, 6.07) is 2.11. The van der Waals surface area contributed by atoms with Crippen molar-refractivity contribution in [1.29, 1.82) is 0 Å². The van der Waals surface area contributed by atoms with Crippen molar-refractivity contribution in [2.75, 3.05) is 0 Å². The van der Waals surface area contributed by atoms with E-state index in [9.17, 15) is 0 Å². The molecule has 3 atom stereocenters. The molecule has 3 N–H and O–H groups in total. The molecule has 1 saturated carbocycles. The number of aromatic amines is 1. The van der Waals surface area contributed by atoms with Gasteiger partial charge in [0.1, 0.15) is 11.5 Å². The maximum Gasteiger partial charge on any atom is 0.137 e. The summed E-state index contributed by atoms with van der Waals surface area (Å²) in [4.78, 5) is 16.7. The van der Waals surface area contributed by atoms with Crippen molar-refractivity contribution >= 4 is 22.6 Å². The quantitative estimate of drug-likeness (QED) is 0.748. The molecule has 0 spiro atoms. The third-order valence-electron chi connectivity index (χ3n) is 5.20. The molecule has 25 heavy (non-hydrogen) atoms. The van der Waals surface area contributed by atoms with Crippen molar-refractivity contribution < 1.29 is 0 Å². The molecule has 0 radical (unpaired) electrons. The van der Waals surface area contributed by atoms with Gasteiger partial charge in [0, 0.05) is 48.6 Å². The number of hydrogen-bond donors (Lipinski definition) is 2. The number of aromatic nitrogens is 4. The highest BCUT2D eigenvalue weighted by molar-refractivity contribution is 6.31. The Morgan fingerprint density at radius 3 is 2.80 bits per heavy atom. The molecule has 6 heteroatoms. The Hall–Kier alpha value is -1.98. The first-order valence-electron chi connectivity index (χ1n) is 8.78. The van der Waals surface area contributed by atoms with Gasteiger partial charge in [0.05, 0.1) is 5.02 Å². The number of nitrogens with zero attached hydrogens (tertiary/aromatic N) is 3. The monoisotopic (exact) mass is 355 g/mol. The largest absolute Gasteiger partial charge is 0.346 e. The van der Waals surface area contributed by atoms with Crippen LogP contribution in [0.3, 0.4) is 0 Å². The molecule has 5 nitrogen and oxygen atoms in total. The van der Waals surface area contributed by atoms with Crippen LogP contribution in [0.15, 0.2) is 30.9 Å². The highest BCUT2D eigenvalue weighted by Crippen LogP contribution is 2.33. The second kappa shape index (κ2) is 6.73. The van der Waals surface area contributed by atoms with Gasteiger partial charge in [-0.25, -0.2) is 15.0 Å². The lowest BCUT2D eigenvalue weighted by Crippen LogP contribution is -2.34. The van der Waals surface area contributed by atoms with Crippen LogP contribution < -0.4 is 5.73 Å². The SMILES string of the molecule is CC1CCC(N)C(c2ncc(Cc3c[nH]c4ncc(Cl)cc34)cn2)C1. The van der Waals surface area contributed by atoms with Crippen LogP contribution in [0.4, 0.5) is 0 Å². The summed E-state index contributed by atoms with van der Waals surface area (Å²) in [6.45, 7) is 2.28. The van der Waals surface area contributed by atoms with E-state index in [1.165, 1.54) is 6.42 Å². The Morgan fingerprint density at radius 1 is 1.20 bits per heavy atom. The van der Waals surface area contributed by atoms with E-state index >= 15 is 0 Å². The Bertz CT molecular complexity index is 873. The van der Waals surface area contributed by atoms with Gasteiger partial charge in [-0.3, -0.25) is 0 Å². The maximum absolute atomic E-state index is 6.29. The van der Waals surface area contributed by atoms with E-state index in [2.05, 4.69) is 26.9 Å². The van der Waals surface area contributed by atoms with Crippen molar-refractivity contribution in [2.45, 2.75) is 44.6 Å². The third-order valence-corrected chi connectivity index (χ3v) is 5.41. The van der Waals surface area contributed by atoms with Crippen LogP contribution in [-0.2, 0) is 6.42 Å². The predicted octanol–water partition coefficient (Wildman–Crippen LogP) is 3.83. The lowest BCUT2D eigenvalue weighted by atomic mass is 9.79. The summed E-state index contributed by atoms with van der Waals surface area (Å²) < 4.78 is 0. The Labute approximate surface area is 152 Å². The summed E-state index contributed by atoms with van der Waals surface area (Å²) >= 11 is 6.07. The third kappa shape index (κ3) is 3.39. The number of H-pyrrole nitrogens is 1. The summed E-state index contributed by atoms with van der Waals surface area (Å²) in [5.74, 6) is 1.84. The fourth-order valence-corrected chi connectivity index (χ4v) is 3.91. The van der Waals surface area contributed by atoms with Crippen molar-refractivity contribution in [3.05, 3.63) is 52.8 Å². The van der Waals surface area contributed by atoms with E-state index in [-0.39, 0.29) is 12.0 Å². The van der Waals surface area contributed by atoms with Crippen molar-refractivity contribution in [1.82, 2.24) is 19.9 Å². The molecule has 3 aromatic heterocycles. The van der Waals surface area contributed by atoms with Gasteiger partial charge in [0.2, 0.25) is 0 Å². The average Bonchev–Trinajstić information content (AvgIpc) is 3.00. The van der Waals surface area contributed by atoms with E-state index in [4.69, 9.17) is 17.3 Å². The number of fused-ring (bicyclic) bond motifs is 1. The van der Waals surface area contributed by atoms with Crippen LogP contribution in [0.5, 0.6) is 0 Å². The fourth-order valence-electron chi connectivity index (χ4n) is 3.75. The molecule has 0 aliphatic heterocycles. The van der Waals surface area contributed by atoms with Crippen LogP contribution >= 0.6 is 11.6 Å². The molecule has 4 rings (SSSR count). The summed E-state index contributed by atoms with van der Waals surface area (Å²) in [6.07, 6.45) is 11.5. The summed E-state index contributed by atoms with van der Waals surface area (Å²) in [5.41, 5.74) is 9.35. The molecule has 1 fully saturated rings. The number of hydrogen-bond acceptors (Lipinski definition) is 4. The average molecular weight is 356 g/mol. The molecule has 0 aromatic carbocycles. The van der Waals surface area contributed by atoms with E-state index in [0.717, 1.165) is 47.2 Å². The molecule has 0 saturated heterocycles. The van der Waals surface area contributed by atoms with Gasteiger partial charge in [-0.2, -0.15) is 0 Å². The molecule has 3 heterocycles. The number of nitrogens with one attached hydrogen (secondary N) is 1. The molecule has 3 aromatic rings. The fraction of sp³-hybridized carbons (Fsp3) is 0.421. The maximum atomic E-state index is 6.29. The van der Waals surface area contributed by atoms with E-state index in [1.54, 1.807) is 6.20 Å². The highest BCUT2D eigenvalue weighted by Gasteiger charge is 2.29. The zero-order valence-corrected chi connectivity index (χ0v) is 15.0. The minimum atomic E-state index is 0.170. The van der Waals surface area contributed by atoms with Gasteiger partial charge in [-0.05, 0) is 42.4 Å². The summed E-state index contributed by atoms with van der Waals surface area (Å²) in [5, 5.41) is 1.68. The topological polar surface area (TPSA) is 80.5 Å². The van der Waals surface area contributed by atoms with Crippen molar-refractivity contribution in [3.63, 3.8) is 0 Å². The first-order valence-corrected chi connectivity index (χ1v) is 9.16. The Balaban J connectivity index is 1.55. The van der Waals surface area contributed by atoms with Crippen molar-refractivity contribution in [2.24, 2.45) is 11.7 Å². The number of nitrogens with two attached hydrogens (primary N) is 1. The van der Waals surface area contributed by atoms with E-state index in [1.807, 2.05) is 24.7 Å². The number of rotatable bonds is 3. The molecular weight excluding hydrogens is 334 g/mol. The highest BCUT2D eigenvalue weighted by atomic mass is 35.5. The lowest BCUT2D eigenvalue weighted by Gasteiger charge is -2.31. The van der Waals surface area contributed by atoms with E-state index in [0.29, 0.717) is 10.9 Å². The van der Waals surface area contributed by atoms with Crippen LogP contribution in [-0.4, -0.2) is 26.0 Å². The Kier molecular flexibility index (Phi) is 4.44. The minimum Gasteiger partial charge on any atom is -0.346 e. The van der Waals surface area contributed by atoms with Crippen LogP contribution in [0, 0.1) is 5.92 Å². The molecule has 130 valence electrons. The van der Waals surface area contributed by atoms with Crippen LogP contribution in [0.2, 0.25) is 5.02 Å². The number of halogens is 1. The van der Waals surface area contributed by atoms with Gasteiger partial charge in [0.25, 0.3) is 0 Å². The van der Waals surface area contributed by atoms with Gasteiger partial charge < -0.3 is 10.7 Å². The molecule has 3 unspecified atom stereocenters. The first-order chi connectivity index (χ1) is 12.1. The second-order valence-electron chi connectivity index (χ2n) is 7.18. The summed E-state index contributed by atoms with van der Waals surface area (Å²) in [7, 11) is 0. The van der Waals surface area contributed by atoms with E-state index < -0.39 is 0 Å². The first kappa shape index (κ1) is 16.5. The Morgan fingerprint density at radius 2 is 2.00 bits per heavy atom. The molecule has 1 aliphatic rings.